The van der Waals surface area contributed by atoms with Crippen LogP contribution in [0.25, 0.3) is 0 Å². The molecule has 18 heavy (non-hydrogen) atoms. The highest BCUT2D eigenvalue weighted by Gasteiger charge is 2.19. The molecule has 0 aliphatic carbocycles. The Kier molecular flexibility index (Phi) is 5.48. The van der Waals surface area contributed by atoms with Crippen LogP contribution in [0.2, 0.25) is 0 Å². The lowest BCUT2D eigenvalue weighted by Gasteiger charge is -2.23. The summed E-state index contributed by atoms with van der Waals surface area (Å²) in [5, 5.41) is 0. The molecule has 1 atom stereocenters. The summed E-state index contributed by atoms with van der Waals surface area (Å²) in [6, 6.07) is 3.98. The summed E-state index contributed by atoms with van der Waals surface area (Å²) in [5.74, 6) is 2.66. The summed E-state index contributed by atoms with van der Waals surface area (Å²) in [7, 11) is 3.36. The van der Waals surface area contributed by atoms with Gasteiger partial charge in [-0.15, -0.1) is 0 Å². The zero-order chi connectivity index (χ0) is 13.7. The van der Waals surface area contributed by atoms with Gasteiger partial charge in [0.2, 0.25) is 0 Å². The van der Waals surface area contributed by atoms with Crippen LogP contribution in [0.1, 0.15) is 37.3 Å². The molecule has 0 heterocycles. The van der Waals surface area contributed by atoms with E-state index in [1.54, 1.807) is 14.2 Å². The third-order valence-corrected chi connectivity index (χ3v) is 3.23. The summed E-state index contributed by atoms with van der Waals surface area (Å²) >= 11 is 0. The quantitative estimate of drug-likeness (QED) is 0.845. The zero-order valence-electron chi connectivity index (χ0n) is 12.1. The molecule has 1 aromatic carbocycles. The molecule has 0 spiro atoms. The third kappa shape index (κ3) is 3.39. The fourth-order valence-electron chi connectivity index (χ4n) is 2.44. The van der Waals surface area contributed by atoms with Crippen molar-refractivity contribution in [2.24, 2.45) is 11.7 Å². The van der Waals surface area contributed by atoms with Crippen LogP contribution in [0.3, 0.4) is 0 Å². The lowest BCUT2D eigenvalue weighted by atomic mass is 9.87. The van der Waals surface area contributed by atoms with Crippen LogP contribution >= 0.6 is 0 Å². The summed E-state index contributed by atoms with van der Waals surface area (Å²) in [4.78, 5) is 0. The molecule has 0 aliphatic heterocycles. The van der Waals surface area contributed by atoms with Crippen molar-refractivity contribution in [3.05, 3.63) is 23.3 Å². The van der Waals surface area contributed by atoms with Gasteiger partial charge in [0.1, 0.15) is 11.5 Å². The van der Waals surface area contributed by atoms with Crippen LogP contribution in [-0.4, -0.2) is 20.8 Å². The van der Waals surface area contributed by atoms with Gasteiger partial charge in [-0.1, -0.05) is 13.8 Å². The number of hydrogen-bond acceptors (Lipinski definition) is 3. The maximum absolute atomic E-state index is 5.93. The largest absolute Gasteiger partial charge is 0.497 e. The van der Waals surface area contributed by atoms with Gasteiger partial charge in [-0.3, -0.25) is 0 Å². The minimum atomic E-state index is 0.339. The van der Waals surface area contributed by atoms with E-state index in [1.807, 2.05) is 12.1 Å². The summed E-state index contributed by atoms with van der Waals surface area (Å²) in [5.41, 5.74) is 8.33. The molecule has 1 aromatic rings. The average molecular weight is 251 g/mol. The predicted octanol–water partition coefficient (Wildman–Crippen LogP) is 3.10. The Morgan fingerprint density at radius 3 is 2.28 bits per heavy atom. The number of nitrogens with two attached hydrogens (primary N) is 1. The summed E-state index contributed by atoms with van der Waals surface area (Å²) in [6.45, 7) is 7.16. The molecule has 1 unspecified atom stereocenters. The molecule has 0 aromatic heterocycles. The number of rotatable bonds is 6. The topological polar surface area (TPSA) is 44.5 Å². The van der Waals surface area contributed by atoms with Gasteiger partial charge in [0, 0.05) is 17.5 Å². The third-order valence-electron chi connectivity index (χ3n) is 3.23. The first kappa shape index (κ1) is 14.8. The molecular formula is C15H25NO2. The predicted molar refractivity (Wildman–Crippen MR) is 75.5 cm³/mol. The van der Waals surface area contributed by atoms with Crippen LogP contribution < -0.4 is 15.2 Å². The van der Waals surface area contributed by atoms with Gasteiger partial charge < -0.3 is 15.2 Å². The van der Waals surface area contributed by atoms with Crippen molar-refractivity contribution in [2.45, 2.75) is 33.1 Å². The maximum atomic E-state index is 5.93. The minimum Gasteiger partial charge on any atom is -0.497 e. The van der Waals surface area contributed by atoms with E-state index in [-0.39, 0.29) is 0 Å². The molecule has 3 heteroatoms. The van der Waals surface area contributed by atoms with Gasteiger partial charge in [0.05, 0.1) is 14.2 Å². The number of ether oxygens (including phenoxy) is 2. The first-order chi connectivity index (χ1) is 8.53. The van der Waals surface area contributed by atoms with E-state index in [0.717, 1.165) is 17.9 Å². The van der Waals surface area contributed by atoms with Crippen LogP contribution in [0.15, 0.2) is 12.1 Å². The molecule has 0 aliphatic rings. The Morgan fingerprint density at radius 1 is 1.17 bits per heavy atom. The lowest BCUT2D eigenvalue weighted by Crippen LogP contribution is -2.16. The summed E-state index contributed by atoms with van der Waals surface area (Å²) in [6.07, 6.45) is 1.07. The smallest absolute Gasteiger partial charge is 0.126 e. The van der Waals surface area contributed by atoms with E-state index >= 15 is 0 Å². The fraction of sp³-hybridized carbons (Fsp3) is 0.600. The molecule has 0 bridgehead atoms. The molecule has 1 rings (SSSR count). The zero-order valence-corrected chi connectivity index (χ0v) is 12.1. The van der Waals surface area contributed by atoms with Gasteiger partial charge in [-0.05, 0) is 37.4 Å². The molecule has 0 saturated heterocycles. The van der Waals surface area contributed by atoms with Crippen LogP contribution in [0, 0.1) is 12.8 Å². The highest BCUT2D eigenvalue weighted by atomic mass is 16.5. The monoisotopic (exact) mass is 251 g/mol. The Bertz CT molecular complexity index is 388. The molecule has 0 amide bonds. The van der Waals surface area contributed by atoms with Crippen molar-refractivity contribution in [3.63, 3.8) is 0 Å². The Labute approximate surface area is 110 Å². The standard InChI is InChI=1S/C15H25NO2/c1-10(2)6-12(9-16)15-11(3)7-13(17-4)8-14(15)18-5/h7-8,10,12H,6,9,16H2,1-5H3. The number of methoxy groups -OCH3 is 2. The Balaban J connectivity index is 3.19. The van der Waals surface area contributed by atoms with Crippen molar-refractivity contribution >= 4 is 0 Å². The minimum absolute atomic E-state index is 0.339. The van der Waals surface area contributed by atoms with E-state index in [1.165, 1.54) is 11.1 Å². The van der Waals surface area contributed by atoms with Crippen molar-refractivity contribution in [1.29, 1.82) is 0 Å². The van der Waals surface area contributed by atoms with Crippen LogP contribution in [0.4, 0.5) is 0 Å². The van der Waals surface area contributed by atoms with Gasteiger partial charge in [0.15, 0.2) is 0 Å². The first-order valence-electron chi connectivity index (χ1n) is 6.46. The summed E-state index contributed by atoms with van der Waals surface area (Å²) < 4.78 is 10.8. The number of aryl methyl sites for hydroxylation is 1. The Hall–Kier alpha value is -1.22. The SMILES string of the molecule is COc1cc(C)c(C(CN)CC(C)C)c(OC)c1. The second-order valence-electron chi connectivity index (χ2n) is 5.12. The number of benzene rings is 1. The molecule has 102 valence electrons. The van der Waals surface area contributed by atoms with Gasteiger partial charge in [-0.25, -0.2) is 0 Å². The van der Waals surface area contributed by atoms with Crippen molar-refractivity contribution in [3.8, 4) is 11.5 Å². The van der Waals surface area contributed by atoms with Gasteiger partial charge >= 0.3 is 0 Å². The fourth-order valence-corrected chi connectivity index (χ4v) is 2.44. The van der Waals surface area contributed by atoms with Crippen molar-refractivity contribution in [1.82, 2.24) is 0 Å². The van der Waals surface area contributed by atoms with Crippen LogP contribution in [0.5, 0.6) is 11.5 Å². The van der Waals surface area contributed by atoms with Gasteiger partial charge in [-0.2, -0.15) is 0 Å². The second kappa shape index (κ2) is 6.64. The van der Waals surface area contributed by atoms with Crippen LogP contribution in [-0.2, 0) is 0 Å². The van der Waals surface area contributed by atoms with Gasteiger partial charge in [0.25, 0.3) is 0 Å². The van der Waals surface area contributed by atoms with E-state index in [0.29, 0.717) is 18.4 Å². The van der Waals surface area contributed by atoms with E-state index in [2.05, 4.69) is 20.8 Å². The second-order valence-corrected chi connectivity index (χ2v) is 5.12. The highest BCUT2D eigenvalue weighted by molar-refractivity contribution is 5.48. The average Bonchev–Trinajstić information content (AvgIpc) is 2.35. The molecule has 0 radical (unpaired) electrons. The molecule has 2 N–H and O–H groups in total. The lowest BCUT2D eigenvalue weighted by molar-refractivity contribution is 0.383. The molecule has 0 fully saturated rings. The normalized spacial score (nSPS) is 12.6. The Morgan fingerprint density at radius 2 is 1.83 bits per heavy atom. The number of hydrogen-bond donors (Lipinski definition) is 1. The molecule has 0 saturated carbocycles. The first-order valence-corrected chi connectivity index (χ1v) is 6.46. The van der Waals surface area contributed by atoms with E-state index < -0.39 is 0 Å². The highest BCUT2D eigenvalue weighted by Crippen LogP contribution is 2.36. The maximum Gasteiger partial charge on any atom is 0.126 e. The van der Waals surface area contributed by atoms with E-state index in [9.17, 15) is 0 Å². The van der Waals surface area contributed by atoms with E-state index in [4.69, 9.17) is 15.2 Å². The molecular weight excluding hydrogens is 226 g/mol. The molecule has 3 nitrogen and oxygen atoms in total. The van der Waals surface area contributed by atoms with Crippen molar-refractivity contribution < 1.29 is 9.47 Å². The van der Waals surface area contributed by atoms with Crippen molar-refractivity contribution in [2.75, 3.05) is 20.8 Å².